The van der Waals surface area contributed by atoms with Crippen LogP contribution in [0, 0.1) is 11.3 Å². The molecule has 0 aromatic heterocycles. The van der Waals surface area contributed by atoms with Crippen molar-refractivity contribution in [3.63, 3.8) is 0 Å². The number of benzene rings is 1. The quantitative estimate of drug-likeness (QED) is 0.834. The van der Waals surface area contributed by atoms with E-state index >= 15 is 0 Å². The minimum absolute atomic E-state index is 0. The molecule has 0 saturated heterocycles. The van der Waals surface area contributed by atoms with Crippen LogP contribution >= 0.6 is 12.4 Å². The van der Waals surface area contributed by atoms with Gasteiger partial charge in [-0.25, -0.2) is 0 Å². The van der Waals surface area contributed by atoms with Crippen LogP contribution in [0.5, 0.6) is 0 Å². The lowest BCUT2D eigenvalue weighted by atomic mass is 10.0. The van der Waals surface area contributed by atoms with E-state index in [0.717, 1.165) is 18.4 Å². The summed E-state index contributed by atoms with van der Waals surface area (Å²) in [6, 6.07) is 9.68. The Bertz CT molecular complexity index is 317. The van der Waals surface area contributed by atoms with Crippen molar-refractivity contribution in [2.75, 3.05) is 0 Å². The summed E-state index contributed by atoms with van der Waals surface area (Å²) in [5, 5.41) is 8.68. The molecule has 3 heteroatoms. The maximum absolute atomic E-state index is 8.68. The lowest BCUT2D eigenvalue weighted by Gasteiger charge is -2.10. The fourth-order valence-electron chi connectivity index (χ4n) is 1.32. The first-order chi connectivity index (χ1) is 6.27. The van der Waals surface area contributed by atoms with Gasteiger partial charge in [-0.3, -0.25) is 0 Å². The Kier molecular flexibility index (Phi) is 5.94. The number of nitrogens with zero attached hydrogens (tertiary/aromatic N) is 1. The first-order valence-corrected chi connectivity index (χ1v) is 4.53. The van der Waals surface area contributed by atoms with Gasteiger partial charge in [0.2, 0.25) is 0 Å². The smallest absolute Gasteiger partial charge is 0.0991 e. The van der Waals surface area contributed by atoms with Crippen LogP contribution in [-0.4, -0.2) is 0 Å². The van der Waals surface area contributed by atoms with Crippen LogP contribution in [0.2, 0.25) is 0 Å². The summed E-state index contributed by atoms with van der Waals surface area (Å²) in [5.74, 6) is 0. The molecular formula is C11H15ClN2. The van der Waals surface area contributed by atoms with Gasteiger partial charge >= 0.3 is 0 Å². The van der Waals surface area contributed by atoms with Crippen molar-refractivity contribution in [2.24, 2.45) is 5.73 Å². The van der Waals surface area contributed by atoms with Gasteiger partial charge in [0.25, 0.3) is 0 Å². The van der Waals surface area contributed by atoms with Crippen molar-refractivity contribution < 1.29 is 0 Å². The molecule has 1 aromatic carbocycles. The predicted octanol–water partition coefficient (Wildman–Crippen LogP) is 2.78. The van der Waals surface area contributed by atoms with Gasteiger partial charge in [0.05, 0.1) is 11.6 Å². The van der Waals surface area contributed by atoms with Crippen LogP contribution in [0.25, 0.3) is 0 Å². The summed E-state index contributed by atoms with van der Waals surface area (Å²) in [6.45, 7) is 2.11. The molecule has 0 aliphatic rings. The zero-order valence-corrected chi connectivity index (χ0v) is 9.05. The highest BCUT2D eigenvalue weighted by molar-refractivity contribution is 5.85. The maximum Gasteiger partial charge on any atom is 0.0991 e. The Hall–Kier alpha value is -1.04. The Morgan fingerprint density at radius 2 is 2.21 bits per heavy atom. The molecule has 0 unspecified atom stereocenters. The molecule has 14 heavy (non-hydrogen) atoms. The molecule has 1 atom stereocenters. The number of nitrogens with two attached hydrogens (primary N) is 1. The summed E-state index contributed by atoms with van der Waals surface area (Å²) in [5.41, 5.74) is 7.66. The topological polar surface area (TPSA) is 49.8 Å². The zero-order valence-electron chi connectivity index (χ0n) is 8.23. The number of hydrogen-bond donors (Lipinski definition) is 1. The number of hydrogen-bond acceptors (Lipinski definition) is 2. The number of nitriles is 1. The second-order valence-electron chi connectivity index (χ2n) is 3.13. The summed E-state index contributed by atoms with van der Waals surface area (Å²) in [4.78, 5) is 0. The molecule has 0 spiro atoms. The van der Waals surface area contributed by atoms with Crippen molar-refractivity contribution in [3.8, 4) is 6.07 Å². The highest BCUT2D eigenvalue weighted by Gasteiger charge is 2.04. The first-order valence-electron chi connectivity index (χ1n) is 4.53. The van der Waals surface area contributed by atoms with Crippen LogP contribution in [0.4, 0.5) is 0 Å². The molecule has 0 amide bonds. The van der Waals surface area contributed by atoms with Gasteiger partial charge < -0.3 is 5.73 Å². The molecule has 0 aliphatic heterocycles. The van der Waals surface area contributed by atoms with E-state index in [-0.39, 0.29) is 18.4 Å². The highest BCUT2D eigenvalue weighted by Crippen LogP contribution is 2.16. The second kappa shape index (κ2) is 6.42. The van der Waals surface area contributed by atoms with E-state index in [0.29, 0.717) is 5.56 Å². The van der Waals surface area contributed by atoms with Gasteiger partial charge in [-0.15, -0.1) is 12.4 Å². The molecule has 2 N–H and O–H groups in total. The van der Waals surface area contributed by atoms with E-state index in [9.17, 15) is 0 Å². The maximum atomic E-state index is 8.68. The molecule has 0 fully saturated rings. The van der Waals surface area contributed by atoms with Gasteiger partial charge in [0.15, 0.2) is 0 Å². The van der Waals surface area contributed by atoms with Gasteiger partial charge in [-0.1, -0.05) is 25.5 Å². The minimum atomic E-state index is 0. The summed E-state index contributed by atoms with van der Waals surface area (Å²) >= 11 is 0. The van der Waals surface area contributed by atoms with E-state index < -0.39 is 0 Å². The van der Waals surface area contributed by atoms with Crippen LogP contribution in [0.1, 0.15) is 36.9 Å². The van der Waals surface area contributed by atoms with Crippen LogP contribution in [-0.2, 0) is 0 Å². The minimum Gasteiger partial charge on any atom is -0.324 e. The molecule has 0 radical (unpaired) electrons. The average Bonchev–Trinajstić information content (AvgIpc) is 2.18. The highest BCUT2D eigenvalue weighted by atomic mass is 35.5. The summed E-state index contributed by atoms with van der Waals surface area (Å²) < 4.78 is 0. The molecule has 2 nitrogen and oxygen atoms in total. The monoisotopic (exact) mass is 210 g/mol. The molecule has 0 bridgehead atoms. The lowest BCUT2D eigenvalue weighted by molar-refractivity contribution is 0.638. The Morgan fingerprint density at radius 1 is 1.50 bits per heavy atom. The normalized spacial score (nSPS) is 11.2. The Labute approximate surface area is 91.1 Å². The van der Waals surface area contributed by atoms with E-state index in [1.54, 1.807) is 6.07 Å². The van der Waals surface area contributed by atoms with Crippen molar-refractivity contribution in [1.82, 2.24) is 0 Å². The molecule has 1 rings (SSSR count). The number of rotatable bonds is 3. The third kappa shape index (κ3) is 3.37. The van der Waals surface area contributed by atoms with Crippen LogP contribution in [0.15, 0.2) is 24.3 Å². The van der Waals surface area contributed by atoms with Crippen molar-refractivity contribution in [1.29, 1.82) is 5.26 Å². The number of halogens is 1. The SMILES string of the molecule is CCC[C@H](N)c1cccc(C#N)c1.Cl. The Morgan fingerprint density at radius 3 is 2.79 bits per heavy atom. The molecular weight excluding hydrogens is 196 g/mol. The second-order valence-corrected chi connectivity index (χ2v) is 3.13. The first kappa shape index (κ1) is 13.0. The predicted molar refractivity (Wildman–Crippen MR) is 60.2 cm³/mol. The third-order valence-electron chi connectivity index (χ3n) is 2.04. The van der Waals surface area contributed by atoms with Crippen molar-refractivity contribution in [3.05, 3.63) is 35.4 Å². The van der Waals surface area contributed by atoms with Gasteiger partial charge in [0.1, 0.15) is 0 Å². The van der Waals surface area contributed by atoms with Gasteiger partial charge in [-0.05, 0) is 24.1 Å². The standard InChI is InChI=1S/C11H14N2.ClH/c1-2-4-11(13)10-6-3-5-9(7-10)8-12;/h3,5-7,11H,2,4,13H2,1H3;1H/t11-;/m0./s1. The zero-order chi connectivity index (χ0) is 9.68. The largest absolute Gasteiger partial charge is 0.324 e. The van der Waals surface area contributed by atoms with Gasteiger partial charge in [-0.2, -0.15) is 5.26 Å². The lowest BCUT2D eigenvalue weighted by Crippen LogP contribution is -2.09. The van der Waals surface area contributed by atoms with Crippen LogP contribution < -0.4 is 5.73 Å². The van der Waals surface area contributed by atoms with E-state index in [1.165, 1.54) is 0 Å². The molecule has 0 saturated carbocycles. The third-order valence-corrected chi connectivity index (χ3v) is 2.04. The fraction of sp³-hybridized carbons (Fsp3) is 0.364. The van der Waals surface area contributed by atoms with Crippen molar-refractivity contribution in [2.45, 2.75) is 25.8 Å². The molecule has 0 aliphatic carbocycles. The summed E-state index contributed by atoms with van der Waals surface area (Å²) in [6.07, 6.45) is 2.03. The van der Waals surface area contributed by atoms with Crippen molar-refractivity contribution >= 4 is 12.4 Å². The molecule has 1 aromatic rings. The summed E-state index contributed by atoms with van der Waals surface area (Å²) in [7, 11) is 0. The van der Waals surface area contributed by atoms with E-state index in [4.69, 9.17) is 11.0 Å². The Balaban J connectivity index is 0.00000169. The van der Waals surface area contributed by atoms with E-state index in [1.807, 2.05) is 18.2 Å². The average molecular weight is 211 g/mol. The molecule has 76 valence electrons. The van der Waals surface area contributed by atoms with E-state index in [2.05, 4.69) is 13.0 Å². The van der Waals surface area contributed by atoms with Gasteiger partial charge in [0, 0.05) is 6.04 Å². The van der Waals surface area contributed by atoms with Crippen LogP contribution in [0.3, 0.4) is 0 Å². The fourth-order valence-corrected chi connectivity index (χ4v) is 1.32. The molecule has 0 heterocycles.